The molecule has 1 heterocycles. The van der Waals surface area contributed by atoms with Gasteiger partial charge in [0.2, 0.25) is 0 Å². The summed E-state index contributed by atoms with van der Waals surface area (Å²) in [5.74, 6) is 0.606. The minimum absolute atomic E-state index is 0.143. The minimum Gasteiger partial charge on any atom is -0.360 e. The molecule has 0 saturated heterocycles. The summed E-state index contributed by atoms with van der Waals surface area (Å²) in [5.41, 5.74) is 6.47. The van der Waals surface area contributed by atoms with E-state index in [0.717, 1.165) is 0 Å². The molecule has 0 bridgehead atoms. The van der Waals surface area contributed by atoms with Gasteiger partial charge in [0.05, 0.1) is 5.69 Å². The Labute approximate surface area is 89.0 Å². The third kappa shape index (κ3) is 2.56. The first-order valence-electron chi connectivity index (χ1n) is 5.02. The monoisotopic (exact) mass is 211 g/mol. The van der Waals surface area contributed by atoms with Crippen LogP contribution in [-0.2, 0) is 0 Å². The highest BCUT2D eigenvalue weighted by molar-refractivity contribution is 5.96. The molecule has 0 aliphatic rings. The van der Waals surface area contributed by atoms with Crippen LogP contribution in [-0.4, -0.2) is 24.2 Å². The van der Waals surface area contributed by atoms with Gasteiger partial charge in [-0.05, 0) is 6.92 Å². The van der Waals surface area contributed by atoms with Crippen LogP contribution in [0, 0.1) is 6.92 Å². The SMILES string of the molecule is Cc1noc(C(C)C)c1C(=O)NCCN. The van der Waals surface area contributed by atoms with E-state index in [9.17, 15) is 4.79 Å². The molecule has 1 amide bonds. The molecule has 0 aromatic carbocycles. The number of rotatable bonds is 4. The fraction of sp³-hybridized carbons (Fsp3) is 0.600. The van der Waals surface area contributed by atoms with Crippen molar-refractivity contribution in [3.63, 3.8) is 0 Å². The molecule has 0 radical (unpaired) electrons. The number of nitrogens with one attached hydrogen (secondary N) is 1. The largest absolute Gasteiger partial charge is 0.360 e. The summed E-state index contributed by atoms with van der Waals surface area (Å²) in [5, 5.41) is 6.51. The van der Waals surface area contributed by atoms with Crippen LogP contribution in [0.5, 0.6) is 0 Å². The van der Waals surface area contributed by atoms with Gasteiger partial charge in [0.25, 0.3) is 5.91 Å². The Morgan fingerprint density at radius 2 is 2.27 bits per heavy atom. The summed E-state index contributed by atoms with van der Waals surface area (Å²) in [6.07, 6.45) is 0. The number of nitrogens with two attached hydrogens (primary N) is 1. The van der Waals surface area contributed by atoms with Gasteiger partial charge < -0.3 is 15.6 Å². The summed E-state index contributed by atoms with van der Waals surface area (Å²) in [6, 6.07) is 0. The first-order chi connectivity index (χ1) is 7.07. The average Bonchev–Trinajstić information content (AvgIpc) is 2.56. The van der Waals surface area contributed by atoms with Crippen molar-refractivity contribution in [1.29, 1.82) is 0 Å². The zero-order valence-electron chi connectivity index (χ0n) is 9.33. The van der Waals surface area contributed by atoms with Gasteiger partial charge in [0.1, 0.15) is 5.56 Å². The van der Waals surface area contributed by atoms with E-state index in [-0.39, 0.29) is 11.8 Å². The third-order valence-corrected chi connectivity index (χ3v) is 2.07. The second-order valence-corrected chi connectivity index (χ2v) is 3.71. The molecule has 15 heavy (non-hydrogen) atoms. The van der Waals surface area contributed by atoms with E-state index in [2.05, 4.69) is 10.5 Å². The number of carbonyl (C=O) groups is 1. The van der Waals surface area contributed by atoms with Crippen LogP contribution < -0.4 is 11.1 Å². The second kappa shape index (κ2) is 4.93. The summed E-state index contributed by atoms with van der Waals surface area (Å²) in [4.78, 5) is 11.7. The van der Waals surface area contributed by atoms with E-state index >= 15 is 0 Å². The lowest BCUT2D eigenvalue weighted by atomic mass is 10.0. The van der Waals surface area contributed by atoms with Crippen LogP contribution in [0.4, 0.5) is 0 Å². The minimum atomic E-state index is -0.164. The Kier molecular flexibility index (Phi) is 3.85. The molecule has 5 heteroatoms. The lowest BCUT2D eigenvalue weighted by molar-refractivity contribution is 0.0951. The molecule has 1 aromatic rings. The van der Waals surface area contributed by atoms with Crippen LogP contribution in [0.1, 0.15) is 41.6 Å². The number of carbonyl (C=O) groups excluding carboxylic acids is 1. The maximum absolute atomic E-state index is 11.7. The van der Waals surface area contributed by atoms with Gasteiger partial charge in [-0.25, -0.2) is 0 Å². The summed E-state index contributed by atoms with van der Waals surface area (Å²) in [6.45, 7) is 6.56. The Balaban J connectivity index is 2.91. The highest BCUT2D eigenvalue weighted by Gasteiger charge is 2.21. The number of amides is 1. The van der Waals surface area contributed by atoms with Gasteiger partial charge >= 0.3 is 0 Å². The lowest BCUT2D eigenvalue weighted by Crippen LogP contribution is -2.29. The highest BCUT2D eigenvalue weighted by Crippen LogP contribution is 2.21. The van der Waals surface area contributed by atoms with E-state index < -0.39 is 0 Å². The quantitative estimate of drug-likeness (QED) is 0.771. The molecule has 0 aliphatic heterocycles. The predicted octanol–water partition coefficient (Wildman–Crippen LogP) is 0.795. The van der Waals surface area contributed by atoms with E-state index in [1.165, 1.54) is 0 Å². The van der Waals surface area contributed by atoms with Gasteiger partial charge in [-0.3, -0.25) is 4.79 Å². The van der Waals surface area contributed by atoms with Crippen LogP contribution in [0.3, 0.4) is 0 Å². The second-order valence-electron chi connectivity index (χ2n) is 3.71. The fourth-order valence-electron chi connectivity index (χ4n) is 1.33. The first kappa shape index (κ1) is 11.7. The van der Waals surface area contributed by atoms with E-state index in [1.54, 1.807) is 6.92 Å². The van der Waals surface area contributed by atoms with Crippen molar-refractivity contribution in [2.24, 2.45) is 5.73 Å². The summed E-state index contributed by atoms with van der Waals surface area (Å²) < 4.78 is 5.12. The normalized spacial score (nSPS) is 10.7. The van der Waals surface area contributed by atoms with Crippen LogP contribution in [0.2, 0.25) is 0 Å². The van der Waals surface area contributed by atoms with E-state index in [0.29, 0.717) is 30.1 Å². The summed E-state index contributed by atoms with van der Waals surface area (Å²) in [7, 11) is 0. The molecular weight excluding hydrogens is 194 g/mol. The molecule has 0 fully saturated rings. The lowest BCUT2D eigenvalue weighted by Gasteiger charge is -2.05. The van der Waals surface area contributed by atoms with Crippen molar-refractivity contribution < 1.29 is 9.32 Å². The number of hydrogen-bond donors (Lipinski definition) is 2. The van der Waals surface area contributed by atoms with Crippen molar-refractivity contribution in [3.05, 3.63) is 17.0 Å². The van der Waals surface area contributed by atoms with Crippen LogP contribution in [0.15, 0.2) is 4.52 Å². The zero-order valence-corrected chi connectivity index (χ0v) is 9.33. The standard InChI is InChI=1S/C10H17N3O2/c1-6(2)9-8(7(3)13-15-9)10(14)12-5-4-11/h6H,4-5,11H2,1-3H3,(H,12,14). The molecule has 5 nitrogen and oxygen atoms in total. The molecule has 0 unspecified atom stereocenters. The van der Waals surface area contributed by atoms with Gasteiger partial charge in [-0.1, -0.05) is 19.0 Å². The molecule has 0 aliphatic carbocycles. The zero-order chi connectivity index (χ0) is 11.4. The number of aromatic nitrogens is 1. The smallest absolute Gasteiger partial charge is 0.256 e. The van der Waals surface area contributed by atoms with Gasteiger partial charge in [-0.2, -0.15) is 0 Å². The Morgan fingerprint density at radius 3 is 2.80 bits per heavy atom. The fourth-order valence-corrected chi connectivity index (χ4v) is 1.33. The van der Waals surface area contributed by atoms with Crippen molar-refractivity contribution in [1.82, 2.24) is 10.5 Å². The molecule has 1 rings (SSSR count). The van der Waals surface area contributed by atoms with Crippen LogP contribution in [0.25, 0.3) is 0 Å². The molecule has 0 spiro atoms. The van der Waals surface area contributed by atoms with E-state index in [4.69, 9.17) is 10.3 Å². The Bertz CT molecular complexity index is 344. The maximum Gasteiger partial charge on any atom is 0.256 e. The number of aryl methyl sites for hydroxylation is 1. The molecule has 3 N–H and O–H groups in total. The maximum atomic E-state index is 11.7. The third-order valence-electron chi connectivity index (χ3n) is 2.07. The topological polar surface area (TPSA) is 81.2 Å². The molecular formula is C10H17N3O2. The van der Waals surface area contributed by atoms with Gasteiger partial charge in [0.15, 0.2) is 5.76 Å². The average molecular weight is 211 g/mol. The van der Waals surface area contributed by atoms with Crippen LogP contribution >= 0.6 is 0 Å². The van der Waals surface area contributed by atoms with Gasteiger partial charge in [-0.15, -0.1) is 0 Å². The first-order valence-corrected chi connectivity index (χ1v) is 5.02. The predicted molar refractivity (Wildman–Crippen MR) is 56.7 cm³/mol. The highest BCUT2D eigenvalue weighted by atomic mass is 16.5. The number of nitrogens with zero attached hydrogens (tertiary/aromatic N) is 1. The Hall–Kier alpha value is -1.36. The Morgan fingerprint density at radius 1 is 1.60 bits per heavy atom. The molecule has 0 atom stereocenters. The van der Waals surface area contributed by atoms with Gasteiger partial charge in [0, 0.05) is 19.0 Å². The summed E-state index contributed by atoms with van der Waals surface area (Å²) >= 11 is 0. The van der Waals surface area contributed by atoms with Crippen molar-refractivity contribution in [2.75, 3.05) is 13.1 Å². The van der Waals surface area contributed by atoms with Crippen molar-refractivity contribution in [2.45, 2.75) is 26.7 Å². The van der Waals surface area contributed by atoms with Crippen molar-refractivity contribution in [3.8, 4) is 0 Å². The molecule has 0 saturated carbocycles. The van der Waals surface area contributed by atoms with E-state index in [1.807, 2.05) is 13.8 Å². The molecule has 1 aromatic heterocycles. The number of hydrogen-bond acceptors (Lipinski definition) is 4. The van der Waals surface area contributed by atoms with Crippen molar-refractivity contribution >= 4 is 5.91 Å². The molecule has 84 valence electrons.